The molecule has 1 atom stereocenters. The Morgan fingerprint density at radius 3 is 2.25 bits per heavy atom. The number of ether oxygens (including phenoxy) is 2. The maximum absolute atomic E-state index is 12.1. The molecule has 0 amide bonds. The van der Waals surface area contributed by atoms with Crippen molar-refractivity contribution in [2.24, 2.45) is 0 Å². The lowest BCUT2D eigenvalue weighted by atomic mass is 10.1. The van der Waals surface area contributed by atoms with Crippen molar-refractivity contribution in [3.63, 3.8) is 0 Å². The molecule has 0 aromatic heterocycles. The van der Waals surface area contributed by atoms with Gasteiger partial charge in [-0.25, -0.2) is 22.7 Å². The van der Waals surface area contributed by atoms with Gasteiger partial charge in [-0.15, -0.1) is 0 Å². The second-order valence-corrected chi connectivity index (χ2v) is 7.43. The van der Waals surface area contributed by atoms with Crippen LogP contribution in [0.4, 0.5) is 0 Å². The van der Waals surface area contributed by atoms with Crippen molar-refractivity contribution in [3.8, 4) is 0 Å². The van der Waals surface area contributed by atoms with Crippen molar-refractivity contribution in [1.29, 1.82) is 0 Å². The molecule has 8 heteroatoms. The van der Waals surface area contributed by atoms with Crippen molar-refractivity contribution in [1.82, 2.24) is 4.72 Å². The molecule has 0 saturated heterocycles. The van der Waals surface area contributed by atoms with Crippen molar-refractivity contribution in [2.45, 2.75) is 25.1 Å². The smallest absolute Gasteiger partial charge is 0.331 e. The summed E-state index contributed by atoms with van der Waals surface area (Å²) < 4.78 is 36.1. The van der Waals surface area contributed by atoms with E-state index in [2.05, 4.69) is 9.46 Å². The fraction of sp³-hybridized carbons (Fsp3) is 0.375. The van der Waals surface area contributed by atoms with Gasteiger partial charge in [0.25, 0.3) is 0 Å². The van der Waals surface area contributed by atoms with Crippen molar-refractivity contribution >= 4 is 22.0 Å². The first-order valence-corrected chi connectivity index (χ1v) is 8.79. The molecule has 1 aromatic rings. The molecule has 1 N–H and O–H groups in total. The van der Waals surface area contributed by atoms with E-state index in [0.29, 0.717) is 5.56 Å². The molecule has 24 heavy (non-hydrogen) atoms. The molecule has 0 aliphatic heterocycles. The van der Waals surface area contributed by atoms with Gasteiger partial charge in [-0.1, -0.05) is 30.3 Å². The first kappa shape index (κ1) is 19.9. The van der Waals surface area contributed by atoms with Crippen LogP contribution in [0.25, 0.3) is 0 Å². The Bertz CT molecular complexity index is 682. The van der Waals surface area contributed by atoms with Crippen LogP contribution >= 0.6 is 0 Å². The van der Waals surface area contributed by atoms with Crippen molar-refractivity contribution in [2.75, 3.05) is 13.7 Å². The summed E-state index contributed by atoms with van der Waals surface area (Å²) in [5.41, 5.74) is 0.659. The summed E-state index contributed by atoms with van der Waals surface area (Å²) in [4.78, 5) is 22.5. The molecule has 0 aliphatic carbocycles. The summed E-state index contributed by atoms with van der Waals surface area (Å²) in [6.45, 7) is 2.89. The van der Waals surface area contributed by atoms with Gasteiger partial charge in [0.1, 0.15) is 6.61 Å². The largest absolute Gasteiger partial charge is 0.466 e. The quantitative estimate of drug-likeness (QED) is 0.558. The summed E-state index contributed by atoms with van der Waals surface area (Å²) in [5.74, 6) is -1.46. The lowest BCUT2D eigenvalue weighted by molar-refractivity contribution is -0.139. The van der Waals surface area contributed by atoms with Crippen LogP contribution in [-0.2, 0) is 29.1 Å². The number of sulfonamides is 1. The van der Waals surface area contributed by atoms with Crippen LogP contribution in [0.1, 0.15) is 25.5 Å². The van der Waals surface area contributed by atoms with Crippen LogP contribution in [0.2, 0.25) is 0 Å². The molecular formula is C16H21NO6S. The molecule has 0 aliphatic rings. The summed E-state index contributed by atoms with van der Waals surface area (Å²) in [6, 6.07) is 8.03. The molecule has 1 rings (SSSR count). The summed E-state index contributed by atoms with van der Waals surface area (Å²) >= 11 is 0. The van der Waals surface area contributed by atoms with E-state index in [1.807, 2.05) is 0 Å². The van der Waals surface area contributed by atoms with E-state index in [9.17, 15) is 18.0 Å². The Labute approximate surface area is 141 Å². The van der Waals surface area contributed by atoms with Crippen LogP contribution in [-0.4, -0.2) is 39.3 Å². The standard InChI is InChI=1S/C16H21NO6S/c1-12(2)24(20,21)17-14(13-7-5-4-6-8-13)11-23-16(19)10-9-15(18)22-3/h4-10,12,14,17H,11H2,1-3H3. The molecule has 1 unspecified atom stereocenters. The number of carbonyl (C=O) groups is 2. The SMILES string of the molecule is COC(=O)C=CC(=O)OCC(NS(=O)(=O)C(C)C)c1ccccc1. The molecule has 0 bridgehead atoms. The molecule has 7 nitrogen and oxygen atoms in total. The third kappa shape index (κ3) is 6.51. The third-order valence-corrected chi connectivity index (χ3v) is 4.93. The number of hydrogen-bond acceptors (Lipinski definition) is 6. The topological polar surface area (TPSA) is 98.8 Å². The molecule has 0 radical (unpaired) electrons. The minimum absolute atomic E-state index is 0.208. The molecule has 132 valence electrons. The second-order valence-electron chi connectivity index (χ2n) is 5.16. The number of carbonyl (C=O) groups excluding carboxylic acids is 2. The summed E-state index contributed by atoms with van der Waals surface area (Å²) in [6.07, 6.45) is 1.85. The van der Waals surface area contributed by atoms with Gasteiger partial charge in [-0.3, -0.25) is 0 Å². The Hall–Kier alpha value is -2.19. The monoisotopic (exact) mass is 355 g/mol. The van der Waals surface area contributed by atoms with Crippen LogP contribution in [0.15, 0.2) is 42.5 Å². The molecule has 0 heterocycles. The lowest BCUT2D eigenvalue weighted by Gasteiger charge is -2.20. The molecule has 0 fully saturated rings. The number of benzene rings is 1. The molecule has 1 aromatic carbocycles. The highest BCUT2D eigenvalue weighted by molar-refractivity contribution is 7.90. The number of rotatable bonds is 8. The van der Waals surface area contributed by atoms with E-state index in [-0.39, 0.29) is 6.61 Å². The van der Waals surface area contributed by atoms with Gasteiger partial charge in [-0.05, 0) is 19.4 Å². The van der Waals surface area contributed by atoms with Gasteiger partial charge in [0.2, 0.25) is 10.0 Å². The van der Waals surface area contributed by atoms with Gasteiger partial charge in [0, 0.05) is 12.2 Å². The normalized spacial score (nSPS) is 13.0. The Kier molecular flexibility index (Phi) is 7.60. The van der Waals surface area contributed by atoms with Gasteiger partial charge in [0.05, 0.1) is 18.4 Å². The Morgan fingerprint density at radius 1 is 1.12 bits per heavy atom. The van der Waals surface area contributed by atoms with E-state index in [0.717, 1.165) is 12.2 Å². The maximum Gasteiger partial charge on any atom is 0.331 e. The fourth-order valence-electron chi connectivity index (χ4n) is 1.64. The van der Waals surface area contributed by atoms with Gasteiger partial charge < -0.3 is 9.47 Å². The number of esters is 2. The van der Waals surface area contributed by atoms with E-state index in [1.54, 1.807) is 44.2 Å². The highest BCUT2D eigenvalue weighted by Gasteiger charge is 2.23. The minimum atomic E-state index is -3.56. The van der Waals surface area contributed by atoms with Crippen molar-refractivity contribution < 1.29 is 27.5 Å². The van der Waals surface area contributed by atoms with E-state index in [4.69, 9.17) is 4.74 Å². The summed E-state index contributed by atoms with van der Waals surface area (Å²) in [7, 11) is -2.37. The van der Waals surface area contributed by atoms with Crippen LogP contribution in [0.5, 0.6) is 0 Å². The van der Waals surface area contributed by atoms with E-state index < -0.39 is 33.3 Å². The first-order valence-electron chi connectivity index (χ1n) is 7.25. The molecular weight excluding hydrogens is 334 g/mol. The highest BCUT2D eigenvalue weighted by atomic mass is 32.2. The Balaban J connectivity index is 2.82. The number of nitrogens with one attached hydrogen (secondary N) is 1. The van der Waals surface area contributed by atoms with Crippen LogP contribution < -0.4 is 4.72 Å². The third-order valence-electron chi connectivity index (χ3n) is 3.08. The zero-order valence-corrected chi connectivity index (χ0v) is 14.6. The van der Waals surface area contributed by atoms with E-state index in [1.165, 1.54) is 7.11 Å². The maximum atomic E-state index is 12.1. The molecule has 0 spiro atoms. The predicted octanol–water partition coefficient (Wildman–Crippen LogP) is 1.33. The molecule has 0 saturated carbocycles. The highest BCUT2D eigenvalue weighted by Crippen LogP contribution is 2.16. The second kappa shape index (κ2) is 9.19. The van der Waals surface area contributed by atoms with Gasteiger partial charge in [-0.2, -0.15) is 0 Å². The summed E-state index contributed by atoms with van der Waals surface area (Å²) in [5, 5.41) is -0.626. The first-order chi connectivity index (χ1) is 11.3. The average Bonchev–Trinajstić information content (AvgIpc) is 2.56. The zero-order chi connectivity index (χ0) is 18.2. The number of methoxy groups -OCH3 is 1. The zero-order valence-electron chi connectivity index (χ0n) is 13.8. The number of hydrogen-bond donors (Lipinski definition) is 1. The minimum Gasteiger partial charge on any atom is -0.466 e. The van der Waals surface area contributed by atoms with E-state index >= 15 is 0 Å². The lowest BCUT2D eigenvalue weighted by Crippen LogP contribution is -2.36. The predicted molar refractivity (Wildman–Crippen MR) is 88.5 cm³/mol. The fourth-order valence-corrected chi connectivity index (χ4v) is 2.51. The van der Waals surface area contributed by atoms with Gasteiger partial charge >= 0.3 is 11.9 Å². The van der Waals surface area contributed by atoms with Crippen molar-refractivity contribution in [3.05, 3.63) is 48.0 Å². The van der Waals surface area contributed by atoms with Crippen LogP contribution in [0.3, 0.4) is 0 Å². The van der Waals surface area contributed by atoms with Gasteiger partial charge in [0.15, 0.2) is 0 Å². The Morgan fingerprint density at radius 2 is 1.71 bits per heavy atom. The van der Waals surface area contributed by atoms with Crippen LogP contribution in [0, 0.1) is 0 Å². The average molecular weight is 355 g/mol.